The fraction of sp³-hybridized carbons (Fsp3) is 0.433. The van der Waals surface area contributed by atoms with E-state index in [9.17, 15) is 18.0 Å². The van der Waals surface area contributed by atoms with Gasteiger partial charge in [-0.15, -0.1) is 0 Å². The van der Waals surface area contributed by atoms with Crippen molar-refractivity contribution in [1.29, 1.82) is 0 Å². The Morgan fingerprint density at radius 1 is 1.02 bits per heavy atom. The first kappa shape index (κ1) is 31.3. The number of carbonyl (C=O) groups is 2. The van der Waals surface area contributed by atoms with Gasteiger partial charge in [-0.3, -0.25) is 9.36 Å². The molecule has 1 atom stereocenters. The van der Waals surface area contributed by atoms with Crippen LogP contribution in [-0.2, 0) is 26.8 Å². The van der Waals surface area contributed by atoms with Crippen LogP contribution in [0.1, 0.15) is 44.6 Å². The van der Waals surface area contributed by atoms with Gasteiger partial charge >= 0.3 is 6.03 Å². The molecule has 1 saturated heterocycles. The minimum absolute atomic E-state index is 0.0869. The molecule has 2 aliphatic heterocycles. The maximum absolute atomic E-state index is 14.3. The Bertz CT molecular complexity index is 1670. The average molecular weight is 725 g/mol. The number of anilines is 2. The zero-order chi connectivity index (χ0) is 31.2. The first-order valence-corrected chi connectivity index (χ1v) is 17.7. The van der Waals surface area contributed by atoms with E-state index < -0.39 is 15.6 Å². The first-order chi connectivity index (χ1) is 21.0. The van der Waals surface area contributed by atoms with Crippen molar-refractivity contribution in [2.24, 2.45) is 0 Å². The highest BCUT2D eigenvalue weighted by Crippen LogP contribution is 2.45. The maximum Gasteiger partial charge on any atom is 0.317 e. The molecule has 2 fully saturated rings. The predicted molar refractivity (Wildman–Crippen MR) is 173 cm³/mol. The quantitative estimate of drug-likeness (QED) is 0.339. The summed E-state index contributed by atoms with van der Waals surface area (Å²) in [6.07, 6.45) is 6.88. The number of urea groups is 1. The molecule has 2 aromatic carbocycles. The molecule has 0 bridgehead atoms. The topological polar surface area (TPSA) is 108 Å². The fourth-order valence-corrected chi connectivity index (χ4v) is 8.78. The van der Waals surface area contributed by atoms with Crippen LogP contribution in [0.15, 0.2) is 58.2 Å². The lowest BCUT2D eigenvalue weighted by atomic mass is 9.92. The SMILES string of the molecule is CC1(Cc2ccc(Br)cc2)C(=O)N(c2cc(Cl)cc(Cl)c2)c2ncc(S(=O)(=O)N3CCN(C(=O)NC4CCCCC4)CC3)n21. The molecule has 3 amide bonds. The zero-order valence-electron chi connectivity index (χ0n) is 24.2. The number of fused-ring (bicyclic) bond motifs is 1. The number of nitrogens with one attached hydrogen (secondary N) is 1. The van der Waals surface area contributed by atoms with E-state index in [1.54, 1.807) is 30.0 Å². The highest BCUT2D eigenvalue weighted by Gasteiger charge is 2.52. The van der Waals surface area contributed by atoms with E-state index in [1.807, 2.05) is 24.3 Å². The third-order valence-corrected chi connectivity index (χ3v) is 11.5. The number of imidazole rings is 1. The van der Waals surface area contributed by atoms with Gasteiger partial charge in [-0.05, 0) is 55.7 Å². The Balaban J connectivity index is 1.31. The molecule has 234 valence electrons. The van der Waals surface area contributed by atoms with Crippen LogP contribution in [0.25, 0.3) is 0 Å². The molecule has 10 nitrogen and oxygen atoms in total. The van der Waals surface area contributed by atoms with E-state index in [-0.39, 0.29) is 61.6 Å². The third-order valence-electron chi connectivity index (χ3n) is 8.70. The summed E-state index contributed by atoms with van der Waals surface area (Å²) in [5.41, 5.74) is -0.102. The van der Waals surface area contributed by atoms with Crippen molar-refractivity contribution in [3.63, 3.8) is 0 Å². The van der Waals surface area contributed by atoms with Crippen molar-refractivity contribution in [2.45, 2.75) is 62.1 Å². The van der Waals surface area contributed by atoms with Gasteiger partial charge in [0.2, 0.25) is 5.95 Å². The second-order valence-corrected chi connectivity index (χ2v) is 15.4. The van der Waals surface area contributed by atoms with E-state index >= 15 is 0 Å². The van der Waals surface area contributed by atoms with Crippen LogP contribution in [0.4, 0.5) is 16.4 Å². The van der Waals surface area contributed by atoms with Crippen LogP contribution in [-0.4, -0.2) is 71.3 Å². The Hall–Kier alpha value is -2.64. The first-order valence-electron chi connectivity index (χ1n) is 14.7. The standard InChI is InChI=1S/C30H33BrCl2N6O4S/c1-30(18-20-7-9-21(31)10-8-20)27(40)38(25-16-22(32)15-23(33)17-25)28-34-19-26(39(28)30)44(42,43)37-13-11-36(12-14-37)29(41)35-24-5-3-2-4-6-24/h7-10,15-17,19,24H,2-6,11-14,18H2,1H3,(H,35,41). The largest absolute Gasteiger partial charge is 0.335 e. The van der Waals surface area contributed by atoms with Gasteiger partial charge in [-0.1, -0.05) is 70.5 Å². The van der Waals surface area contributed by atoms with Crippen LogP contribution >= 0.6 is 39.1 Å². The van der Waals surface area contributed by atoms with Crippen LogP contribution in [0.5, 0.6) is 0 Å². The molecule has 44 heavy (non-hydrogen) atoms. The van der Waals surface area contributed by atoms with Crippen molar-refractivity contribution in [3.8, 4) is 0 Å². The number of rotatable bonds is 6. The Kier molecular flexibility index (Phi) is 8.75. The molecule has 6 rings (SSSR count). The lowest BCUT2D eigenvalue weighted by molar-refractivity contribution is -0.124. The smallest absolute Gasteiger partial charge is 0.317 e. The van der Waals surface area contributed by atoms with Crippen molar-refractivity contribution < 1.29 is 18.0 Å². The molecule has 1 saturated carbocycles. The summed E-state index contributed by atoms with van der Waals surface area (Å²) in [5.74, 6) is -0.195. The van der Waals surface area contributed by atoms with Crippen molar-refractivity contribution in [1.82, 2.24) is 24.1 Å². The maximum atomic E-state index is 14.3. The molecule has 1 aromatic heterocycles. The van der Waals surface area contributed by atoms with Gasteiger partial charge in [0.15, 0.2) is 5.03 Å². The fourth-order valence-electron chi connectivity index (χ4n) is 6.39. The molecule has 1 N–H and O–H groups in total. The molecular weight excluding hydrogens is 691 g/mol. The molecule has 1 unspecified atom stereocenters. The van der Waals surface area contributed by atoms with Crippen LogP contribution in [0.2, 0.25) is 10.0 Å². The number of piperazine rings is 1. The molecule has 3 aromatic rings. The van der Waals surface area contributed by atoms with Crippen molar-refractivity contribution in [3.05, 3.63) is 68.7 Å². The van der Waals surface area contributed by atoms with E-state index in [2.05, 4.69) is 26.2 Å². The summed E-state index contributed by atoms with van der Waals surface area (Å²) in [6, 6.07) is 12.3. The van der Waals surface area contributed by atoms with Gasteiger partial charge < -0.3 is 10.2 Å². The van der Waals surface area contributed by atoms with Gasteiger partial charge in [0, 0.05) is 53.2 Å². The summed E-state index contributed by atoms with van der Waals surface area (Å²) in [4.78, 5) is 34.7. The normalized spacial score (nSPS) is 21.5. The monoisotopic (exact) mass is 722 g/mol. The molecule has 1 aliphatic carbocycles. The second-order valence-electron chi connectivity index (χ2n) is 11.8. The number of amides is 3. The Labute approximate surface area is 275 Å². The van der Waals surface area contributed by atoms with E-state index in [1.165, 1.54) is 26.4 Å². The molecule has 14 heteroatoms. The molecule has 3 heterocycles. The lowest BCUT2D eigenvalue weighted by Gasteiger charge is -2.35. The van der Waals surface area contributed by atoms with Crippen molar-refractivity contribution in [2.75, 3.05) is 31.1 Å². The summed E-state index contributed by atoms with van der Waals surface area (Å²) in [5, 5.41) is 3.69. The summed E-state index contributed by atoms with van der Waals surface area (Å²) < 4.78 is 32.2. The second kappa shape index (κ2) is 12.3. The van der Waals surface area contributed by atoms with Gasteiger partial charge in [0.05, 0.1) is 11.9 Å². The Morgan fingerprint density at radius 3 is 2.30 bits per heavy atom. The van der Waals surface area contributed by atoms with Gasteiger partial charge in [0.1, 0.15) is 5.54 Å². The minimum atomic E-state index is -4.10. The number of sulfonamides is 1. The van der Waals surface area contributed by atoms with Gasteiger partial charge in [0.25, 0.3) is 15.9 Å². The number of benzene rings is 2. The van der Waals surface area contributed by atoms with E-state index in [0.29, 0.717) is 15.7 Å². The predicted octanol–water partition coefficient (Wildman–Crippen LogP) is 5.94. The number of carbonyl (C=O) groups excluding carboxylic acids is 2. The number of hydrogen-bond donors (Lipinski definition) is 1. The van der Waals surface area contributed by atoms with E-state index in [0.717, 1.165) is 35.7 Å². The highest BCUT2D eigenvalue weighted by atomic mass is 79.9. The Morgan fingerprint density at radius 2 is 1.66 bits per heavy atom. The summed E-state index contributed by atoms with van der Waals surface area (Å²) in [6.45, 7) is 2.52. The highest BCUT2D eigenvalue weighted by molar-refractivity contribution is 9.10. The molecule has 0 radical (unpaired) electrons. The third kappa shape index (κ3) is 5.87. The summed E-state index contributed by atoms with van der Waals surface area (Å²) >= 11 is 16.0. The zero-order valence-corrected chi connectivity index (χ0v) is 28.1. The number of aromatic nitrogens is 2. The minimum Gasteiger partial charge on any atom is -0.335 e. The van der Waals surface area contributed by atoms with Crippen molar-refractivity contribution >= 4 is 72.7 Å². The summed E-state index contributed by atoms with van der Waals surface area (Å²) in [7, 11) is -4.10. The van der Waals surface area contributed by atoms with Gasteiger partial charge in [-0.2, -0.15) is 4.31 Å². The molecule has 3 aliphatic rings. The van der Waals surface area contributed by atoms with Crippen LogP contribution in [0, 0.1) is 0 Å². The van der Waals surface area contributed by atoms with E-state index in [4.69, 9.17) is 23.2 Å². The molecular formula is C30H33BrCl2N6O4S. The number of nitrogens with zero attached hydrogens (tertiary/aromatic N) is 5. The number of hydrogen-bond acceptors (Lipinski definition) is 5. The number of halogens is 3. The average Bonchev–Trinajstić information content (AvgIpc) is 3.52. The molecule has 0 spiro atoms. The van der Waals surface area contributed by atoms with Crippen LogP contribution < -0.4 is 10.2 Å². The lowest BCUT2D eigenvalue weighted by Crippen LogP contribution is -2.55. The van der Waals surface area contributed by atoms with Gasteiger partial charge in [-0.25, -0.2) is 23.1 Å². The van der Waals surface area contributed by atoms with Crippen LogP contribution in [0.3, 0.4) is 0 Å².